The van der Waals surface area contributed by atoms with Crippen molar-refractivity contribution in [3.63, 3.8) is 0 Å². The van der Waals surface area contributed by atoms with Gasteiger partial charge in [0.05, 0.1) is 0 Å². The first-order valence-electron chi connectivity index (χ1n) is 14.1. The van der Waals surface area contributed by atoms with E-state index in [2.05, 4.69) is 153 Å². The molecule has 0 bridgehead atoms. The number of anilines is 2. The fraction of sp³-hybridized carbons (Fsp3) is 0.316. The van der Waals surface area contributed by atoms with Crippen LogP contribution in [0.1, 0.15) is 84.6 Å². The van der Waals surface area contributed by atoms with E-state index in [1.807, 2.05) is 12.2 Å². The Morgan fingerprint density at radius 3 is 1.95 bits per heavy atom. The molecule has 0 fully saturated rings. The molecule has 0 N–H and O–H groups in total. The van der Waals surface area contributed by atoms with Gasteiger partial charge in [0.25, 0.3) is 0 Å². The van der Waals surface area contributed by atoms with Crippen LogP contribution in [-0.2, 0) is 16.2 Å². The Morgan fingerprint density at radius 2 is 1.36 bits per heavy atom. The minimum atomic E-state index is -0.191. The number of benzene rings is 3. The molecular formula is C38H45N. The Morgan fingerprint density at radius 1 is 0.718 bits per heavy atom. The summed E-state index contributed by atoms with van der Waals surface area (Å²) in [5, 5.41) is 0. The van der Waals surface area contributed by atoms with Gasteiger partial charge in [0.1, 0.15) is 0 Å². The van der Waals surface area contributed by atoms with E-state index in [0.29, 0.717) is 0 Å². The van der Waals surface area contributed by atoms with Crippen LogP contribution in [0, 0.1) is 0 Å². The lowest BCUT2D eigenvalue weighted by Gasteiger charge is -2.34. The van der Waals surface area contributed by atoms with Crippen LogP contribution >= 0.6 is 0 Å². The van der Waals surface area contributed by atoms with Crippen molar-refractivity contribution in [3.05, 3.63) is 132 Å². The predicted molar refractivity (Wildman–Crippen MR) is 172 cm³/mol. The molecule has 0 spiro atoms. The Kier molecular flexibility index (Phi) is 7.43. The topological polar surface area (TPSA) is 3.24 Å². The maximum absolute atomic E-state index is 4.20. The smallest absolute Gasteiger partial charge is 0.0467 e. The summed E-state index contributed by atoms with van der Waals surface area (Å²) in [5.74, 6) is 0. The molecular weight excluding hydrogens is 470 g/mol. The highest BCUT2D eigenvalue weighted by atomic mass is 15.1. The average molecular weight is 516 g/mol. The summed E-state index contributed by atoms with van der Waals surface area (Å²) in [6.07, 6.45) is 8.27. The third-order valence-corrected chi connectivity index (χ3v) is 8.60. The standard InChI is InChI=1S/C38H45N/c1-12-26(13-2)37(8,9)28-22-27(36(5,6)7)23-31(24-28)39(29(14-3)15-4)30-20-21-35-33(25-30)32-18-16-17-19-34(32)38(35,10)11/h12-25H,1,3H2,2,4-11H3/b26-13?,29-15+. The molecule has 3 aromatic rings. The zero-order valence-electron chi connectivity index (χ0n) is 25.4. The number of rotatable bonds is 7. The molecule has 0 saturated heterocycles. The van der Waals surface area contributed by atoms with E-state index in [1.165, 1.54) is 39.0 Å². The average Bonchev–Trinajstić information content (AvgIpc) is 3.13. The van der Waals surface area contributed by atoms with Crippen molar-refractivity contribution in [2.45, 2.75) is 78.6 Å². The molecule has 0 heterocycles. The van der Waals surface area contributed by atoms with Crippen molar-refractivity contribution in [2.75, 3.05) is 4.90 Å². The second-order valence-electron chi connectivity index (χ2n) is 12.7. The van der Waals surface area contributed by atoms with Crippen molar-refractivity contribution >= 4 is 11.4 Å². The van der Waals surface area contributed by atoms with Crippen LogP contribution in [0.25, 0.3) is 11.1 Å². The van der Waals surface area contributed by atoms with Crippen molar-refractivity contribution < 1.29 is 0 Å². The lowest BCUT2D eigenvalue weighted by atomic mass is 9.74. The minimum Gasteiger partial charge on any atom is -0.311 e. The lowest BCUT2D eigenvalue weighted by Crippen LogP contribution is -2.23. The van der Waals surface area contributed by atoms with Crippen LogP contribution in [0.2, 0.25) is 0 Å². The van der Waals surface area contributed by atoms with Crippen LogP contribution in [-0.4, -0.2) is 0 Å². The van der Waals surface area contributed by atoms with Gasteiger partial charge in [-0.05, 0) is 88.6 Å². The number of allylic oxidation sites excluding steroid dienone is 5. The highest BCUT2D eigenvalue weighted by Gasteiger charge is 2.36. The second kappa shape index (κ2) is 10.2. The Hall–Kier alpha value is -3.58. The molecule has 0 aliphatic heterocycles. The van der Waals surface area contributed by atoms with Crippen molar-refractivity contribution in [1.82, 2.24) is 0 Å². The molecule has 39 heavy (non-hydrogen) atoms. The summed E-state index contributed by atoms with van der Waals surface area (Å²) in [5.41, 5.74) is 12.3. The van der Waals surface area contributed by atoms with Gasteiger partial charge in [-0.15, -0.1) is 0 Å². The summed E-state index contributed by atoms with van der Waals surface area (Å²) >= 11 is 0. The third kappa shape index (κ3) is 4.84. The maximum atomic E-state index is 4.20. The van der Waals surface area contributed by atoms with Crippen molar-refractivity contribution in [3.8, 4) is 11.1 Å². The molecule has 1 aliphatic rings. The highest BCUT2D eigenvalue weighted by Crippen LogP contribution is 2.50. The SMILES string of the molecule is C=CC(=CC)C(C)(C)c1cc(N(/C(C=C)=C/C)c2ccc3c(c2)-c2ccccc2C3(C)C)cc(C(C)(C)C)c1. The quantitative estimate of drug-likeness (QED) is 0.283. The molecule has 0 aromatic heterocycles. The summed E-state index contributed by atoms with van der Waals surface area (Å²) in [6, 6.07) is 22.9. The Balaban J connectivity index is 2.01. The van der Waals surface area contributed by atoms with E-state index in [0.717, 1.165) is 17.1 Å². The van der Waals surface area contributed by atoms with Crippen LogP contribution in [0.3, 0.4) is 0 Å². The van der Waals surface area contributed by atoms with E-state index in [1.54, 1.807) is 0 Å². The largest absolute Gasteiger partial charge is 0.311 e. The van der Waals surface area contributed by atoms with E-state index in [9.17, 15) is 0 Å². The molecule has 4 rings (SSSR count). The van der Waals surface area contributed by atoms with Gasteiger partial charge in [-0.3, -0.25) is 0 Å². The molecule has 1 heteroatoms. The molecule has 0 amide bonds. The van der Waals surface area contributed by atoms with Gasteiger partial charge in [-0.2, -0.15) is 0 Å². The normalized spacial score (nSPS) is 15.0. The molecule has 3 aromatic carbocycles. The van der Waals surface area contributed by atoms with Crippen LogP contribution in [0.5, 0.6) is 0 Å². The summed E-state index contributed by atoms with van der Waals surface area (Å²) in [6.45, 7) is 28.6. The predicted octanol–water partition coefficient (Wildman–Crippen LogP) is 10.9. The van der Waals surface area contributed by atoms with Gasteiger partial charge in [-0.25, -0.2) is 0 Å². The fourth-order valence-electron chi connectivity index (χ4n) is 6.07. The van der Waals surface area contributed by atoms with E-state index < -0.39 is 0 Å². The monoisotopic (exact) mass is 515 g/mol. The zero-order chi connectivity index (χ0) is 28.8. The maximum Gasteiger partial charge on any atom is 0.0467 e. The number of hydrogen-bond acceptors (Lipinski definition) is 1. The molecule has 0 unspecified atom stereocenters. The fourth-order valence-corrected chi connectivity index (χ4v) is 6.07. The Labute approximate surface area is 237 Å². The molecule has 0 saturated carbocycles. The zero-order valence-corrected chi connectivity index (χ0v) is 25.4. The lowest BCUT2D eigenvalue weighted by molar-refractivity contribution is 0.581. The second-order valence-corrected chi connectivity index (χ2v) is 12.7. The molecule has 1 aliphatic carbocycles. The molecule has 202 valence electrons. The minimum absolute atomic E-state index is 0.0120. The van der Waals surface area contributed by atoms with Gasteiger partial charge in [0.2, 0.25) is 0 Å². The van der Waals surface area contributed by atoms with E-state index >= 15 is 0 Å². The van der Waals surface area contributed by atoms with Gasteiger partial charge in [0.15, 0.2) is 0 Å². The van der Waals surface area contributed by atoms with Gasteiger partial charge in [0, 0.05) is 27.9 Å². The summed E-state index contributed by atoms with van der Waals surface area (Å²) in [7, 11) is 0. The van der Waals surface area contributed by atoms with E-state index in [-0.39, 0.29) is 16.2 Å². The van der Waals surface area contributed by atoms with Gasteiger partial charge < -0.3 is 4.90 Å². The molecule has 1 nitrogen and oxygen atoms in total. The van der Waals surface area contributed by atoms with Crippen LogP contribution in [0.15, 0.2) is 109 Å². The van der Waals surface area contributed by atoms with Gasteiger partial charge >= 0.3 is 0 Å². The molecule has 0 radical (unpaired) electrons. The van der Waals surface area contributed by atoms with Crippen LogP contribution < -0.4 is 4.90 Å². The number of fused-ring (bicyclic) bond motifs is 3. The van der Waals surface area contributed by atoms with Crippen molar-refractivity contribution in [1.29, 1.82) is 0 Å². The first-order chi connectivity index (χ1) is 18.3. The number of hydrogen-bond donors (Lipinski definition) is 0. The van der Waals surface area contributed by atoms with Crippen molar-refractivity contribution in [2.24, 2.45) is 0 Å². The summed E-state index contributed by atoms with van der Waals surface area (Å²) < 4.78 is 0. The third-order valence-electron chi connectivity index (χ3n) is 8.60. The van der Waals surface area contributed by atoms with Gasteiger partial charge in [-0.1, -0.05) is 116 Å². The summed E-state index contributed by atoms with van der Waals surface area (Å²) in [4.78, 5) is 2.36. The Bertz CT molecular complexity index is 1480. The first kappa shape index (κ1) is 28.4. The highest BCUT2D eigenvalue weighted by molar-refractivity contribution is 5.85. The molecule has 0 atom stereocenters. The first-order valence-corrected chi connectivity index (χ1v) is 14.1. The number of nitrogens with zero attached hydrogens (tertiary/aromatic N) is 1. The van der Waals surface area contributed by atoms with E-state index in [4.69, 9.17) is 0 Å². The van der Waals surface area contributed by atoms with Crippen LogP contribution in [0.4, 0.5) is 11.4 Å².